The standard InChI is InChI=1S/C31H41N5O5/c1-34(2)27(37)18-41-33-29(31(39)40)28-30(38)36(26-10-6-5-9-25(26)32-28)24-16-21-11-12-22(17-24)35(21)23-14-19-7-3-4-8-20(13-19)15-23/h5-6,9-10,19-24H,3-4,7-8,11-18H2,1-2H3,(H,39,40)/b33-29-. The van der Waals surface area contributed by atoms with Crippen molar-refractivity contribution >= 4 is 28.6 Å². The maximum absolute atomic E-state index is 14.0. The molecule has 1 aromatic heterocycles. The van der Waals surface area contributed by atoms with Crippen LogP contribution in [0.25, 0.3) is 11.0 Å². The Balaban J connectivity index is 1.31. The molecule has 4 fully saturated rings. The number of benzene rings is 1. The average molecular weight is 564 g/mol. The second-order valence-corrected chi connectivity index (χ2v) is 12.8. The largest absolute Gasteiger partial charge is 0.476 e. The maximum Gasteiger partial charge on any atom is 0.360 e. The number of nitrogens with zero attached hydrogens (tertiary/aromatic N) is 5. The molecule has 3 heterocycles. The number of para-hydroxylation sites is 2. The number of oxime groups is 1. The quantitative estimate of drug-likeness (QED) is 0.402. The maximum atomic E-state index is 14.0. The Kier molecular flexibility index (Phi) is 7.85. The molecule has 2 aromatic rings. The molecule has 6 rings (SSSR count). The topological polar surface area (TPSA) is 117 Å². The van der Waals surface area contributed by atoms with Crippen LogP contribution < -0.4 is 5.56 Å². The summed E-state index contributed by atoms with van der Waals surface area (Å²) >= 11 is 0. The molecule has 1 amide bonds. The number of carbonyl (C=O) groups excluding carboxylic acids is 1. The van der Waals surface area contributed by atoms with Crippen LogP contribution in [0.1, 0.15) is 82.4 Å². The van der Waals surface area contributed by atoms with Crippen molar-refractivity contribution in [3.8, 4) is 0 Å². The van der Waals surface area contributed by atoms with E-state index in [1.165, 1.54) is 49.8 Å². The second kappa shape index (κ2) is 11.5. The Morgan fingerprint density at radius 1 is 0.951 bits per heavy atom. The first-order valence-electron chi connectivity index (χ1n) is 15.2. The molecule has 4 atom stereocenters. The number of hydrogen-bond donors (Lipinski definition) is 1. The van der Waals surface area contributed by atoms with Crippen molar-refractivity contribution in [1.82, 2.24) is 19.4 Å². The molecule has 0 spiro atoms. The number of carbonyl (C=O) groups is 2. The van der Waals surface area contributed by atoms with Crippen LogP contribution in [0.3, 0.4) is 0 Å². The fourth-order valence-electron chi connectivity index (χ4n) is 8.24. The van der Waals surface area contributed by atoms with Crippen LogP contribution in [0.5, 0.6) is 0 Å². The third-order valence-electron chi connectivity index (χ3n) is 9.97. The molecular weight excluding hydrogens is 522 g/mol. The summed E-state index contributed by atoms with van der Waals surface area (Å²) in [7, 11) is 3.13. The van der Waals surface area contributed by atoms with Crippen molar-refractivity contribution in [3.63, 3.8) is 0 Å². The molecule has 2 aliphatic carbocycles. The van der Waals surface area contributed by atoms with Crippen LogP contribution in [-0.2, 0) is 14.4 Å². The van der Waals surface area contributed by atoms with Crippen molar-refractivity contribution in [3.05, 3.63) is 40.3 Å². The number of carboxylic acids is 1. The molecule has 4 unspecified atom stereocenters. The average Bonchev–Trinajstić information content (AvgIpc) is 3.10. The molecule has 1 aromatic carbocycles. The highest BCUT2D eigenvalue weighted by Gasteiger charge is 2.47. The van der Waals surface area contributed by atoms with Crippen molar-refractivity contribution in [2.75, 3.05) is 20.7 Å². The number of aromatic nitrogens is 2. The van der Waals surface area contributed by atoms with Gasteiger partial charge in [-0.25, -0.2) is 9.78 Å². The lowest BCUT2D eigenvalue weighted by atomic mass is 9.76. The van der Waals surface area contributed by atoms with Crippen molar-refractivity contribution in [2.24, 2.45) is 17.0 Å². The first-order valence-corrected chi connectivity index (χ1v) is 15.2. The Hall–Kier alpha value is -3.27. The van der Waals surface area contributed by atoms with Gasteiger partial charge in [-0.3, -0.25) is 14.5 Å². The SMILES string of the molecule is CN(C)C(=O)CO/N=C(\C(=O)O)c1nc2ccccc2n(C2CC3CCC(C2)N3C2CC3CCCCC(C3)C2)c1=O. The van der Waals surface area contributed by atoms with Gasteiger partial charge in [-0.05, 0) is 68.9 Å². The van der Waals surface area contributed by atoms with E-state index in [0.717, 1.165) is 37.5 Å². The van der Waals surface area contributed by atoms with Gasteiger partial charge in [0.25, 0.3) is 11.5 Å². The van der Waals surface area contributed by atoms with Crippen molar-refractivity contribution in [1.29, 1.82) is 0 Å². The van der Waals surface area contributed by atoms with Gasteiger partial charge in [0.2, 0.25) is 5.71 Å². The van der Waals surface area contributed by atoms with Gasteiger partial charge in [0.1, 0.15) is 0 Å². The summed E-state index contributed by atoms with van der Waals surface area (Å²) < 4.78 is 1.77. The van der Waals surface area contributed by atoms with Crippen LogP contribution >= 0.6 is 0 Å². The van der Waals surface area contributed by atoms with Gasteiger partial charge in [0, 0.05) is 38.3 Å². The van der Waals surface area contributed by atoms with Crippen molar-refractivity contribution in [2.45, 2.75) is 94.8 Å². The summed E-state index contributed by atoms with van der Waals surface area (Å²) in [6, 6.07) is 8.83. The third kappa shape index (κ3) is 5.50. The Bertz CT molecular complexity index is 1380. The molecule has 2 saturated carbocycles. The molecule has 10 heteroatoms. The lowest BCUT2D eigenvalue weighted by Gasteiger charge is -2.48. The van der Waals surface area contributed by atoms with E-state index in [9.17, 15) is 19.5 Å². The van der Waals surface area contributed by atoms with Crippen molar-refractivity contribution < 1.29 is 19.5 Å². The minimum Gasteiger partial charge on any atom is -0.476 e. The normalized spacial score (nSPS) is 30.1. The smallest absolute Gasteiger partial charge is 0.360 e. The summed E-state index contributed by atoms with van der Waals surface area (Å²) in [5, 5.41) is 13.7. The van der Waals surface area contributed by atoms with E-state index in [-0.39, 0.29) is 17.6 Å². The molecule has 0 radical (unpaired) electrons. The Morgan fingerprint density at radius 3 is 2.24 bits per heavy atom. The van der Waals surface area contributed by atoms with Crippen LogP contribution in [-0.4, -0.2) is 80.9 Å². The van der Waals surface area contributed by atoms with E-state index in [2.05, 4.69) is 15.0 Å². The highest BCUT2D eigenvalue weighted by molar-refractivity contribution is 6.41. The monoisotopic (exact) mass is 563 g/mol. The van der Waals surface area contributed by atoms with E-state index in [1.54, 1.807) is 24.7 Å². The predicted octanol–water partition coefficient (Wildman–Crippen LogP) is 3.82. The molecule has 220 valence electrons. The predicted molar refractivity (Wildman–Crippen MR) is 155 cm³/mol. The van der Waals surface area contributed by atoms with Crippen LogP contribution in [0, 0.1) is 11.8 Å². The van der Waals surface area contributed by atoms with Gasteiger partial charge < -0.3 is 19.4 Å². The van der Waals surface area contributed by atoms with Gasteiger partial charge in [-0.1, -0.05) is 43.0 Å². The number of fused-ring (bicyclic) bond motifs is 5. The number of amides is 1. The van der Waals surface area contributed by atoms with Gasteiger partial charge >= 0.3 is 5.97 Å². The summed E-state index contributed by atoms with van der Waals surface area (Å²) in [6.45, 7) is -0.434. The number of aliphatic carboxylic acids is 1. The van der Waals surface area contributed by atoms with Gasteiger partial charge in [0.15, 0.2) is 12.3 Å². The van der Waals surface area contributed by atoms with E-state index < -0.39 is 23.8 Å². The molecule has 1 N–H and O–H groups in total. The number of carboxylic acid groups (broad SMARTS) is 1. The van der Waals surface area contributed by atoms with E-state index in [1.807, 2.05) is 18.2 Å². The van der Waals surface area contributed by atoms with Gasteiger partial charge in [0.05, 0.1) is 11.0 Å². The molecule has 4 bridgehead atoms. The molecular formula is C31H41N5O5. The summed E-state index contributed by atoms with van der Waals surface area (Å²) in [5.41, 5.74) is -0.0948. The highest BCUT2D eigenvalue weighted by Crippen LogP contribution is 2.47. The minimum atomic E-state index is -1.43. The zero-order valence-electron chi connectivity index (χ0n) is 24.1. The lowest BCUT2D eigenvalue weighted by molar-refractivity contribution is -0.134. The van der Waals surface area contributed by atoms with Crippen LogP contribution in [0.4, 0.5) is 0 Å². The lowest BCUT2D eigenvalue weighted by Crippen LogP contribution is -2.52. The third-order valence-corrected chi connectivity index (χ3v) is 9.97. The summed E-state index contributed by atoms with van der Waals surface area (Å²) in [4.78, 5) is 51.8. The number of rotatable bonds is 7. The zero-order valence-corrected chi connectivity index (χ0v) is 24.1. The number of hydrogen-bond acceptors (Lipinski definition) is 7. The van der Waals surface area contributed by atoms with Gasteiger partial charge in [-0.15, -0.1) is 0 Å². The first kappa shape index (κ1) is 27.9. The van der Waals surface area contributed by atoms with Gasteiger partial charge in [-0.2, -0.15) is 0 Å². The Morgan fingerprint density at radius 2 is 1.61 bits per heavy atom. The van der Waals surface area contributed by atoms with E-state index in [4.69, 9.17) is 4.84 Å². The van der Waals surface area contributed by atoms with Crippen LogP contribution in [0.15, 0.2) is 34.2 Å². The molecule has 10 nitrogen and oxygen atoms in total. The number of piperidine rings is 1. The highest BCUT2D eigenvalue weighted by atomic mass is 16.6. The second-order valence-electron chi connectivity index (χ2n) is 12.8. The zero-order chi connectivity index (χ0) is 28.7. The summed E-state index contributed by atoms with van der Waals surface area (Å²) in [5.74, 6) is -0.0856. The van der Waals surface area contributed by atoms with E-state index in [0.29, 0.717) is 29.2 Å². The molecule has 2 saturated heterocycles. The fraction of sp³-hybridized carbons (Fsp3) is 0.645. The van der Waals surface area contributed by atoms with Crippen LogP contribution in [0.2, 0.25) is 0 Å². The minimum absolute atomic E-state index is 0.0555. The van der Waals surface area contributed by atoms with E-state index >= 15 is 0 Å². The molecule has 4 aliphatic rings. The fourth-order valence-corrected chi connectivity index (χ4v) is 8.24. The summed E-state index contributed by atoms with van der Waals surface area (Å²) in [6.07, 6.45) is 13.6. The molecule has 41 heavy (non-hydrogen) atoms. The Labute approximate surface area is 240 Å². The first-order chi connectivity index (χ1) is 19.8. The molecule has 2 aliphatic heterocycles. The number of likely N-dealkylation sites (N-methyl/N-ethyl adjacent to an activating group) is 1.